The lowest BCUT2D eigenvalue weighted by molar-refractivity contribution is -0.384. The SMILES string of the molecule is O=C(/C=C/c1ccc(-c2ccccc2[N+](=O)[O-])o1)c1ccc(-c2cccc(C(F)(F)F)c2)o1. The maximum absolute atomic E-state index is 12.9. The van der Waals surface area contributed by atoms with Crippen molar-refractivity contribution in [3.63, 3.8) is 0 Å². The van der Waals surface area contributed by atoms with E-state index in [2.05, 4.69) is 0 Å². The van der Waals surface area contributed by atoms with Gasteiger partial charge in [-0.1, -0.05) is 24.3 Å². The molecule has 0 atom stereocenters. The van der Waals surface area contributed by atoms with Crippen molar-refractivity contribution < 1.29 is 31.7 Å². The maximum Gasteiger partial charge on any atom is 0.416 e. The number of rotatable bonds is 6. The molecule has 33 heavy (non-hydrogen) atoms. The van der Waals surface area contributed by atoms with Crippen molar-refractivity contribution >= 4 is 17.5 Å². The van der Waals surface area contributed by atoms with E-state index in [9.17, 15) is 28.1 Å². The van der Waals surface area contributed by atoms with Crippen LogP contribution in [0.3, 0.4) is 0 Å². The van der Waals surface area contributed by atoms with Gasteiger partial charge in [0.15, 0.2) is 5.76 Å². The number of hydrogen-bond acceptors (Lipinski definition) is 5. The monoisotopic (exact) mass is 453 g/mol. The van der Waals surface area contributed by atoms with E-state index in [4.69, 9.17) is 8.83 Å². The second-order valence-corrected chi connectivity index (χ2v) is 6.92. The van der Waals surface area contributed by atoms with Gasteiger partial charge in [-0.05, 0) is 54.6 Å². The number of ketones is 1. The van der Waals surface area contributed by atoms with Crippen LogP contribution in [0.1, 0.15) is 21.9 Å². The van der Waals surface area contributed by atoms with E-state index >= 15 is 0 Å². The van der Waals surface area contributed by atoms with Gasteiger partial charge < -0.3 is 8.83 Å². The molecular formula is C24H14F3NO5. The maximum atomic E-state index is 12.9. The Labute approximate surface area is 184 Å². The Morgan fingerprint density at radius 1 is 0.909 bits per heavy atom. The number of nitro benzene ring substituents is 1. The molecule has 0 spiro atoms. The number of nitro groups is 1. The summed E-state index contributed by atoms with van der Waals surface area (Å²) < 4.78 is 49.8. The summed E-state index contributed by atoms with van der Waals surface area (Å²) in [5.74, 6) is 0.0657. The van der Waals surface area contributed by atoms with Gasteiger partial charge in [-0.15, -0.1) is 0 Å². The van der Waals surface area contributed by atoms with Crippen molar-refractivity contribution in [2.24, 2.45) is 0 Å². The van der Waals surface area contributed by atoms with E-state index in [1.807, 2.05) is 0 Å². The number of allylic oxidation sites excluding steroid dienone is 1. The van der Waals surface area contributed by atoms with Gasteiger partial charge in [0.2, 0.25) is 5.78 Å². The smallest absolute Gasteiger partial charge is 0.416 e. The first-order chi connectivity index (χ1) is 15.7. The predicted octanol–water partition coefficient (Wildman–Crippen LogP) is 7.03. The first-order valence-corrected chi connectivity index (χ1v) is 9.56. The summed E-state index contributed by atoms with van der Waals surface area (Å²) in [4.78, 5) is 23.1. The highest BCUT2D eigenvalue weighted by Gasteiger charge is 2.30. The molecule has 0 aliphatic carbocycles. The lowest BCUT2D eigenvalue weighted by atomic mass is 10.1. The Balaban J connectivity index is 1.51. The van der Waals surface area contributed by atoms with Crippen molar-refractivity contribution in [3.05, 3.63) is 106 Å². The van der Waals surface area contributed by atoms with Crippen LogP contribution in [0.15, 0.2) is 87.7 Å². The van der Waals surface area contributed by atoms with Crippen molar-refractivity contribution in [2.75, 3.05) is 0 Å². The molecule has 0 amide bonds. The number of nitrogens with zero attached hydrogens (tertiary/aromatic N) is 1. The molecule has 0 aliphatic heterocycles. The molecule has 4 aromatic rings. The molecule has 4 rings (SSSR count). The molecule has 0 unspecified atom stereocenters. The highest BCUT2D eigenvalue weighted by atomic mass is 19.4. The average Bonchev–Trinajstić information content (AvgIpc) is 3.47. The number of furan rings is 2. The van der Waals surface area contributed by atoms with Crippen molar-refractivity contribution in [1.82, 2.24) is 0 Å². The lowest BCUT2D eigenvalue weighted by Crippen LogP contribution is -2.04. The first-order valence-electron chi connectivity index (χ1n) is 9.56. The van der Waals surface area contributed by atoms with Gasteiger partial charge in [-0.3, -0.25) is 14.9 Å². The van der Waals surface area contributed by atoms with Crippen LogP contribution in [-0.2, 0) is 6.18 Å². The molecule has 2 heterocycles. The van der Waals surface area contributed by atoms with E-state index in [0.717, 1.165) is 12.1 Å². The Hall–Kier alpha value is -4.40. The number of para-hydroxylation sites is 1. The summed E-state index contributed by atoms with van der Waals surface area (Å²) >= 11 is 0. The molecule has 0 saturated heterocycles. The predicted molar refractivity (Wildman–Crippen MR) is 113 cm³/mol. The normalized spacial score (nSPS) is 11.7. The summed E-state index contributed by atoms with van der Waals surface area (Å²) in [5.41, 5.74) is -0.453. The van der Waals surface area contributed by atoms with Crippen molar-refractivity contribution in [2.45, 2.75) is 6.18 Å². The zero-order valence-electron chi connectivity index (χ0n) is 16.7. The van der Waals surface area contributed by atoms with Crippen LogP contribution in [0.25, 0.3) is 28.7 Å². The number of alkyl halides is 3. The molecule has 0 N–H and O–H groups in total. The van der Waals surface area contributed by atoms with Gasteiger partial charge >= 0.3 is 6.18 Å². The summed E-state index contributed by atoms with van der Waals surface area (Å²) in [6, 6.07) is 16.6. The van der Waals surface area contributed by atoms with E-state index in [0.29, 0.717) is 5.56 Å². The van der Waals surface area contributed by atoms with Crippen LogP contribution in [0, 0.1) is 10.1 Å². The van der Waals surface area contributed by atoms with Gasteiger partial charge in [-0.2, -0.15) is 13.2 Å². The second kappa shape index (κ2) is 8.62. The molecular weight excluding hydrogens is 439 g/mol. The third kappa shape index (κ3) is 4.77. The highest BCUT2D eigenvalue weighted by molar-refractivity contribution is 6.05. The molecule has 9 heteroatoms. The van der Waals surface area contributed by atoms with Crippen LogP contribution in [-0.4, -0.2) is 10.7 Å². The summed E-state index contributed by atoms with van der Waals surface area (Å²) in [6.45, 7) is 0. The standard InChI is InChI=1S/C24H14F3NO5/c25-24(26,27)16-5-3-4-15(14-16)21-12-13-23(33-21)20(29)10-8-17-9-11-22(32-17)18-6-1-2-7-19(18)28(30)31/h1-14H/b10-8+. The molecule has 0 bridgehead atoms. The number of benzene rings is 2. The summed E-state index contributed by atoms with van der Waals surface area (Å²) in [6.07, 6.45) is -1.95. The van der Waals surface area contributed by atoms with Crippen molar-refractivity contribution in [3.8, 4) is 22.6 Å². The fraction of sp³-hybridized carbons (Fsp3) is 0.0417. The third-order valence-electron chi connectivity index (χ3n) is 4.72. The fourth-order valence-electron chi connectivity index (χ4n) is 3.14. The molecule has 0 radical (unpaired) electrons. The second-order valence-electron chi connectivity index (χ2n) is 6.92. The topological polar surface area (TPSA) is 86.5 Å². The minimum atomic E-state index is -4.49. The van der Waals surface area contributed by atoms with Crippen LogP contribution < -0.4 is 0 Å². The Bertz CT molecular complexity index is 1360. The van der Waals surface area contributed by atoms with E-state index in [1.165, 1.54) is 42.5 Å². The fourth-order valence-corrected chi connectivity index (χ4v) is 3.14. The molecule has 0 saturated carbocycles. The Morgan fingerprint density at radius 3 is 2.42 bits per heavy atom. The largest absolute Gasteiger partial charge is 0.456 e. The van der Waals surface area contributed by atoms with Crippen LogP contribution in [0.2, 0.25) is 0 Å². The third-order valence-corrected chi connectivity index (χ3v) is 4.72. The Morgan fingerprint density at radius 2 is 1.67 bits per heavy atom. The lowest BCUT2D eigenvalue weighted by Gasteiger charge is -2.07. The zero-order chi connectivity index (χ0) is 23.6. The number of hydrogen-bond donors (Lipinski definition) is 0. The van der Waals surface area contributed by atoms with Crippen LogP contribution >= 0.6 is 0 Å². The molecule has 0 aliphatic rings. The average molecular weight is 453 g/mol. The van der Waals surface area contributed by atoms with Gasteiger partial charge in [0.25, 0.3) is 5.69 Å². The highest BCUT2D eigenvalue weighted by Crippen LogP contribution is 2.33. The van der Waals surface area contributed by atoms with Gasteiger partial charge in [0.05, 0.1) is 16.1 Å². The van der Waals surface area contributed by atoms with E-state index in [-0.39, 0.29) is 34.3 Å². The number of carbonyl (C=O) groups is 1. The van der Waals surface area contributed by atoms with Gasteiger partial charge in [0.1, 0.15) is 17.3 Å². The molecule has 0 fully saturated rings. The van der Waals surface area contributed by atoms with Crippen molar-refractivity contribution in [1.29, 1.82) is 0 Å². The van der Waals surface area contributed by atoms with Gasteiger partial charge in [-0.25, -0.2) is 0 Å². The molecule has 166 valence electrons. The van der Waals surface area contributed by atoms with Crippen LogP contribution in [0.5, 0.6) is 0 Å². The number of carbonyl (C=O) groups excluding carboxylic acids is 1. The van der Waals surface area contributed by atoms with E-state index < -0.39 is 22.4 Å². The molecule has 6 nitrogen and oxygen atoms in total. The molecule has 2 aromatic carbocycles. The van der Waals surface area contributed by atoms with Gasteiger partial charge in [0, 0.05) is 11.6 Å². The first kappa shape index (κ1) is 21.8. The minimum Gasteiger partial charge on any atom is -0.456 e. The summed E-state index contributed by atoms with van der Waals surface area (Å²) in [7, 11) is 0. The zero-order valence-corrected chi connectivity index (χ0v) is 16.7. The Kier molecular flexibility index (Phi) is 5.70. The summed E-state index contributed by atoms with van der Waals surface area (Å²) in [5, 5.41) is 11.2. The quantitative estimate of drug-likeness (QED) is 0.135. The minimum absolute atomic E-state index is 0.0656. The van der Waals surface area contributed by atoms with Crippen LogP contribution in [0.4, 0.5) is 18.9 Å². The van der Waals surface area contributed by atoms with E-state index in [1.54, 1.807) is 30.3 Å². The molecule has 2 aromatic heterocycles. The number of halogens is 3.